The highest BCUT2D eigenvalue weighted by Crippen LogP contribution is 2.40. The van der Waals surface area contributed by atoms with Crippen LogP contribution < -0.4 is 15.0 Å². The molecule has 2 N–H and O–H groups in total. The first-order valence-corrected chi connectivity index (χ1v) is 13.2. The summed E-state index contributed by atoms with van der Waals surface area (Å²) in [6, 6.07) is 8.44. The standard InChI is InChI=1S/C28H35ClN6O2/c1-28(17-36)9-5-23-20(28)13-18(16-31-23)22-6-10-30-27(32-22)33-24-14-21(29)25(15-26(24)37-4)35-11-7-19(8-12-35)34(2)3/h6,10,13-16,19,36H,5,7-9,11-12,17H2,1-4H3,(H,30,32,33). The maximum Gasteiger partial charge on any atom is 0.227 e. The Bertz CT molecular complexity index is 1280. The molecule has 1 atom stereocenters. The van der Waals surface area contributed by atoms with E-state index in [1.54, 1.807) is 13.3 Å². The van der Waals surface area contributed by atoms with Crippen LogP contribution in [0.4, 0.5) is 17.3 Å². The molecule has 5 rings (SSSR count). The Balaban J connectivity index is 1.38. The van der Waals surface area contributed by atoms with Crippen molar-refractivity contribution in [1.29, 1.82) is 0 Å². The van der Waals surface area contributed by atoms with Crippen LogP contribution in [0.1, 0.15) is 37.4 Å². The zero-order valence-corrected chi connectivity index (χ0v) is 22.7. The summed E-state index contributed by atoms with van der Waals surface area (Å²) < 4.78 is 5.72. The van der Waals surface area contributed by atoms with Crippen molar-refractivity contribution >= 4 is 28.9 Å². The Morgan fingerprint density at radius 2 is 2.00 bits per heavy atom. The third kappa shape index (κ3) is 5.10. The molecule has 0 spiro atoms. The van der Waals surface area contributed by atoms with Gasteiger partial charge in [0.1, 0.15) is 5.75 Å². The summed E-state index contributed by atoms with van der Waals surface area (Å²) in [5.41, 5.74) is 5.22. The van der Waals surface area contributed by atoms with Crippen molar-refractivity contribution in [2.75, 3.05) is 51.1 Å². The predicted octanol–water partition coefficient (Wildman–Crippen LogP) is 4.67. The number of fused-ring (bicyclic) bond motifs is 1. The number of ether oxygens (including phenoxy) is 1. The highest BCUT2D eigenvalue weighted by atomic mass is 35.5. The second kappa shape index (κ2) is 10.4. The number of methoxy groups -OCH3 is 1. The number of aliphatic hydroxyl groups is 1. The Morgan fingerprint density at radius 1 is 1.22 bits per heavy atom. The zero-order valence-electron chi connectivity index (χ0n) is 22.0. The average Bonchev–Trinajstić information content (AvgIpc) is 3.25. The maximum absolute atomic E-state index is 9.96. The van der Waals surface area contributed by atoms with Crippen LogP contribution in [0.2, 0.25) is 5.02 Å². The van der Waals surface area contributed by atoms with Gasteiger partial charge in [0, 0.05) is 54.3 Å². The lowest BCUT2D eigenvalue weighted by Crippen LogP contribution is -2.42. The Hall–Kier alpha value is -2.94. The summed E-state index contributed by atoms with van der Waals surface area (Å²) in [5.74, 6) is 1.12. The number of nitrogens with zero attached hydrogens (tertiary/aromatic N) is 5. The lowest BCUT2D eigenvalue weighted by Gasteiger charge is -2.37. The highest BCUT2D eigenvalue weighted by Gasteiger charge is 2.35. The number of anilines is 3. The molecule has 1 aromatic carbocycles. The van der Waals surface area contributed by atoms with Crippen LogP contribution in [0.15, 0.2) is 36.7 Å². The lowest BCUT2D eigenvalue weighted by atomic mass is 9.85. The number of piperidine rings is 1. The minimum absolute atomic E-state index is 0.103. The van der Waals surface area contributed by atoms with E-state index in [0.29, 0.717) is 28.4 Å². The van der Waals surface area contributed by atoms with Gasteiger partial charge in [0.2, 0.25) is 5.95 Å². The highest BCUT2D eigenvalue weighted by molar-refractivity contribution is 6.33. The van der Waals surface area contributed by atoms with Crippen molar-refractivity contribution in [1.82, 2.24) is 19.9 Å². The number of hydrogen-bond donors (Lipinski definition) is 2. The quantitative estimate of drug-likeness (QED) is 0.463. The summed E-state index contributed by atoms with van der Waals surface area (Å²) in [5, 5.41) is 13.9. The maximum atomic E-state index is 9.96. The topological polar surface area (TPSA) is 86.6 Å². The van der Waals surface area contributed by atoms with E-state index in [2.05, 4.69) is 52.2 Å². The Labute approximate surface area is 223 Å². The molecular formula is C28H35ClN6O2. The van der Waals surface area contributed by atoms with Crippen molar-refractivity contribution in [3.63, 3.8) is 0 Å². The monoisotopic (exact) mass is 522 g/mol. The van der Waals surface area contributed by atoms with Gasteiger partial charge in [-0.05, 0) is 63.5 Å². The summed E-state index contributed by atoms with van der Waals surface area (Å²) >= 11 is 6.76. The van der Waals surface area contributed by atoms with E-state index >= 15 is 0 Å². The summed E-state index contributed by atoms with van der Waals surface area (Å²) in [6.45, 7) is 4.09. The second-order valence-electron chi connectivity index (χ2n) is 10.5. The van der Waals surface area contributed by atoms with Crippen LogP contribution >= 0.6 is 11.6 Å². The van der Waals surface area contributed by atoms with E-state index in [9.17, 15) is 5.11 Å². The zero-order chi connectivity index (χ0) is 26.2. The van der Waals surface area contributed by atoms with Gasteiger partial charge in [0.15, 0.2) is 0 Å². The molecular weight excluding hydrogens is 488 g/mol. The molecule has 1 aliphatic carbocycles. The molecule has 3 aromatic rings. The van der Waals surface area contributed by atoms with Gasteiger partial charge in [-0.2, -0.15) is 0 Å². The number of pyridine rings is 1. The van der Waals surface area contributed by atoms with Crippen molar-refractivity contribution in [3.8, 4) is 17.0 Å². The molecule has 1 unspecified atom stereocenters. The number of rotatable bonds is 7. The minimum Gasteiger partial charge on any atom is -0.494 e. The van der Waals surface area contributed by atoms with Crippen LogP contribution in [-0.2, 0) is 11.8 Å². The molecule has 2 aliphatic rings. The van der Waals surface area contributed by atoms with E-state index in [1.807, 2.05) is 24.4 Å². The molecule has 2 aromatic heterocycles. The third-order valence-corrected chi connectivity index (χ3v) is 8.19. The number of aromatic nitrogens is 3. The molecule has 1 fully saturated rings. The Morgan fingerprint density at radius 3 is 2.70 bits per heavy atom. The molecule has 0 amide bonds. The molecule has 9 heteroatoms. The lowest BCUT2D eigenvalue weighted by molar-refractivity contribution is 0.206. The van der Waals surface area contributed by atoms with Crippen molar-refractivity contribution in [2.45, 2.75) is 44.1 Å². The van der Waals surface area contributed by atoms with Crippen molar-refractivity contribution in [2.24, 2.45) is 0 Å². The minimum atomic E-state index is -0.264. The van der Waals surface area contributed by atoms with Crippen LogP contribution in [0, 0.1) is 0 Å². The first-order chi connectivity index (χ1) is 17.8. The summed E-state index contributed by atoms with van der Waals surface area (Å²) in [4.78, 5) is 18.5. The van der Waals surface area contributed by atoms with Gasteiger partial charge in [0.25, 0.3) is 0 Å². The number of aryl methyl sites for hydroxylation is 1. The van der Waals surface area contributed by atoms with E-state index in [4.69, 9.17) is 21.3 Å². The number of nitrogens with one attached hydrogen (secondary N) is 1. The fourth-order valence-electron chi connectivity index (χ4n) is 5.42. The average molecular weight is 523 g/mol. The molecule has 37 heavy (non-hydrogen) atoms. The van der Waals surface area contributed by atoms with Gasteiger partial charge in [-0.15, -0.1) is 0 Å². The normalized spacial score (nSPS) is 19.8. The molecule has 1 aliphatic heterocycles. The first-order valence-electron chi connectivity index (χ1n) is 12.8. The second-order valence-corrected chi connectivity index (χ2v) is 10.9. The fourth-order valence-corrected chi connectivity index (χ4v) is 5.71. The number of halogens is 1. The summed E-state index contributed by atoms with van der Waals surface area (Å²) in [7, 11) is 5.93. The molecule has 0 saturated carbocycles. The molecule has 1 saturated heterocycles. The first kappa shape index (κ1) is 25.7. The molecule has 0 bridgehead atoms. The van der Waals surface area contributed by atoms with Gasteiger partial charge < -0.3 is 25.0 Å². The van der Waals surface area contributed by atoms with Gasteiger partial charge in [-0.25, -0.2) is 9.97 Å². The summed E-state index contributed by atoms with van der Waals surface area (Å²) in [6.07, 6.45) is 7.55. The van der Waals surface area contributed by atoms with E-state index in [0.717, 1.165) is 67.0 Å². The van der Waals surface area contributed by atoms with Gasteiger partial charge >= 0.3 is 0 Å². The number of aliphatic hydroxyl groups excluding tert-OH is 1. The molecule has 3 heterocycles. The fraction of sp³-hybridized carbons (Fsp3) is 0.464. The molecule has 0 radical (unpaired) electrons. The van der Waals surface area contributed by atoms with E-state index in [1.165, 1.54) is 0 Å². The number of hydrogen-bond acceptors (Lipinski definition) is 8. The van der Waals surface area contributed by atoms with Gasteiger partial charge in [0.05, 0.1) is 35.8 Å². The largest absolute Gasteiger partial charge is 0.494 e. The van der Waals surface area contributed by atoms with Crippen LogP contribution in [0.5, 0.6) is 5.75 Å². The molecule has 8 nitrogen and oxygen atoms in total. The van der Waals surface area contributed by atoms with Gasteiger partial charge in [-0.1, -0.05) is 18.5 Å². The predicted molar refractivity (Wildman–Crippen MR) is 148 cm³/mol. The SMILES string of the molecule is COc1cc(N2CCC(N(C)C)CC2)c(Cl)cc1Nc1nccc(-c2cnc3c(c2)C(C)(CO)CC3)n1. The van der Waals surface area contributed by atoms with Crippen molar-refractivity contribution < 1.29 is 9.84 Å². The van der Waals surface area contributed by atoms with Crippen LogP contribution in [0.3, 0.4) is 0 Å². The van der Waals surface area contributed by atoms with E-state index < -0.39 is 0 Å². The van der Waals surface area contributed by atoms with Crippen LogP contribution in [-0.4, -0.2) is 71.9 Å². The van der Waals surface area contributed by atoms with Crippen molar-refractivity contribution in [3.05, 3.63) is 52.9 Å². The van der Waals surface area contributed by atoms with E-state index in [-0.39, 0.29) is 12.0 Å². The van der Waals surface area contributed by atoms with Crippen LogP contribution in [0.25, 0.3) is 11.3 Å². The molecule has 196 valence electrons. The third-order valence-electron chi connectivity index (χ3n) is 7.89. The smallest absolute Gasteiger partial charge is 0.227 e. The van der Waals surface area contributed by atoms with Gasteiger partial charge in [-0.3, -0.25) is 4.98 Å². The Kier molecular flexibility index (Phi) is 7.25. The number of benzene rings is 1.